The van der Waals surface area contributed by atoms with Crippen LogP contribution in [0.4, 0.5) is 11.6 Å². The van der Waals surface area contributed by atoms with E-state index in [9.17, 15) is 4.79 Å². The smallest absolute Gasteiger partial charge is 0.260 e. The largest absolute Gasteiger partial charge is 0.301 e. The zero-order valence-electron chi connectivity index (χ0n) is 17.3. The van der Waals surface area contributed by atoms with Gasteiger partial charge in [-0.25, -0.2) is 9.88 Å². The number of aryl methyl sites for hydroxylation is 2. The zero-order valence-corrected chi connectivity index (χ0v) is 19.7. The molecule has 6 heteroatoms. The molecule has 29 heavy (non-hydrogen) atoms. The molecular weight excluding hydrogens is 450 g/mol. The summed E-state index contributed by atoms with van der Waals surface area (Å²) < 4.78 is 3.01. The molecule has 1 aromatic heterocycles. The standard InChI is InChI=1S/C21H19BrClN3O.C2H6/c1-13-8-17(23)10-18(9-13)26-19(27)21(3,25-12-14(2)24-20(25)26)11-15-4-6-16(22)7-5-15;1-2/h4-10,12H,11H2,1-3H3;1-2H3. The van der Waals surface area contributed by atoms with Crippen LogP contribution in [0.5, 0.6) is 0 Å². The summed E-state index contributed by atoms with van der Waals surface area (Å²) in [5.41, 5.74) is 2.97. The fraction of sp³-hybridized carbons (Fsp3) is 0.304. The second-order valence-corrected chi connectivity index (χ2v) is 8.61. The van der Waals surface area contributed by atoms with Crippen LogP contribution in [0.3, 0.4) is 0 Å². The van der Waals surface area contributed by atoms with Gasteiger partial charge in [0.1, 0.15) is 5.54 Å². The van der Waals surface area contributed by atoms with Crippen molar-refractivity contribution in [2.75, 3.05) is 4.90 Å². The maximum atomic E-state index is 13.6. The molecule has 0 radical (unpaired) electrons. The van der Waals surface area contributed by atoms with Gasteiger partial charge in [-0.05, 0) is 62.2 Å². The van der Waals surface area contributed by atoms with Crippen LogP contribution in [0, 0.1) is 13.8 Å². The lowest BCUT2D eigenvalue weighted by Gasteiger charge is -2.25. The Kier molecular flexibility index (Phi) is 6.20. The number of hydrogen-bond donors (Lipinski definition) is 0. The van der Waals surface area contributed by atoms with Gasteiger partial charge in [0.25, 0.3) is 5.91 Å². The first kappa shape index (κ1) is 21.6. The minimum atomic E-state index is -0.749. The molecule has 0 saturated heterocycles. The van der Waals surface area contributed by atoms with Gasteiger partial charge in [0.2, 0.25) is 5.95 Å². The van der Waals surface area contributed by atoms with Crippen molar-refractivity contribution in [2.24, 2.45) is 0 Å². The molecular formula is C23H25BrClN3O. The molecule has 4 rings (SSSR count). The summed E-state index contributed by atoms with van der Waals surface area (Å²) in [7, 11) is 0. The quantitative estimate of drug-likeness (QED) is 0.430. The lowest BCUT2D eigenvalue weighted by molar-refractivity contribution is -0.123. The maximum absolute atomic E-state index is 13.6. The highest BCUT2D eigenvalue weighted by Crippen LogP contribution is 2.42. The Morgan fingerprint density at radius 2 is 1.76 bits per heavy atom. The molecule has 0 bridgehead atoms. The Morgan fingerprint density at radius 3 is 2.38 bits per heavy atom. The third-order valence-corrected chi connectivity index (χ3v) is 5.70. The molecule has 2 heterocycles. The maximum Gasteiger partial charge on any atom is 0.260 e. The molecule has 1 aliphatic heterocycles. The van der Waals surface area contributed by atoms with Gasteiger partial charge in [-0.15, -0.1) is 0 Å². The minimum absolute atomic E-state index is 0.00501. The highest BCUT2D eigenvalue weighted by atomic mass is 79.9. The Balaban J connectivity index is 0.00000117. The van der Waals surface area contributed by atoms with Crippen LogP contribution in [-0.4, -0.2) is 15.5 Å². The van der Waals surface area contributed by atoms with E-state index in [0.717, 1.165) is 27.0 Å². The van der Waals surface area contributed by atoms with Gasteiger partial charge in [-0.2, -0.15) is 0 Å². The number of anilines is 2. The van der Waals surface area contributed by atoms with E-state index in [4.69, 9.17) is 11.6 Å². The molecule has 2 aromatic carbocycles. The van der Waals surface area contributed by atoms with Crippen LogP contribution < -0.4 is 4.90 Å². The van der Waals surface area contributed by atoms with Crippen LogP contribution in [-0.2, 0) is 16.8 Å². The van der Waals surface area contributed by atoms with E-state index in [1.807, 2.05) is 87.8 Å². The van der Waals surface area contributed by atoms with Crippen molar-refractivity contribution >= 4 is 45.1 Å². The zero-order chi connectivity index (χ0) is 21.3. The Labute approximate surface area is 185 Å². The lowest BCUT2D eigenvalue weighted by Crippen LogP contribution is -2.40. The number of carbonyl (C=O) groups is 1. The normalized spacial score (nSPS) is 17.8. The van der Waals surface area contributed by atoms with E-state index in [0.29, 0.717) is 17.4 Å². The summed E-state index contributed by atoms with van der Waals surface area (Å²) in [6.45, 7) is 9.88. The molecule has 152 valence electrons. The van der Waals surface area contributed by atoms with E-state index in [1.54, 1.807) is 4.90 Å². The van der Waals surface area contributed by atoms with Crippen molar-refractivity contribution in [3.05, 3.63) is 75.0 Å². The Hall–Kier alpha value is -2.11. The van der Waals surface area contributed by atoms with E-state index in [-0.39, 0.29) is 5.91 Å². The summed E-state index contributed by atoms with van der Waals surface area (Å²) in [6.07, 6.45) is 2.53. The van der Waals surface area contributed by atoms with Gasteiger partial charge in [-0.1, -0.05) is 53.5 Å². The van der Waals surface area contributed by atoms with E-state index in [2.05, 4.69) is 20.9 Å². The van der Waals surface area contributed by atoms with Crippen LogP contribution in [0.1, 0.15) is 37.6 Å². The van der Waals surface area contributed by atoms with Crippen molar-refractivity contribution in [1.29, 1.82) is 0 Å². The molecule has 0 aliphatic carbocycles. The molecule has 1 unspecified atom stereocenters. The summed E-state index contributed by atoms with van der Waals surface area (Å²) in [5, 5.41) is 0.606. The number of amides is 1. The molecule has 0 spiro atoms. The van der Waals surface area contributed by atoms with Crippen molar-refractivity contribution < 1.29 is 4.79 Å². The number of carbonyl (C=O) groups excluding carboxylic acids is 1. The van der Waals surface area contributed by atoms with Gasteiger partial charge in [0, 0.05) is 22.1 Å². The number of benzene rings is 2. The van der Waals surface area contributed by atoms with E-state index in [1.165, 1.54) is 0 Å². The van der Waals surface area contributed by atoms with E-state index < -0.39 is 5.54 Å². The van der Waals surface area contributed by atoms with Crippen LogP contribution in [0.15, 0.2) is 53.1 Å². The van der Waals surface area contributed by atoms with Gasteiger partial charge >= 0.3 is 0 Å². The molecule has 0 N–H and O–H groups in total. The first-order chi connectivity index (χ1) is 13.8. The van der Waals surface area contributed by atoms with Crippen LogP contribution in [0.2, 0.25) is 5.02 Å². The van der Waals surface area contributed by atoms with Crippen molar-refractivity contribution in [2.45, 2.75) is 46.6 Å². The Bertz CT molecular complexity index is 1020. The SMILES string of the molecule is CC.Cc1cc(Cl)cc(N2C(=O)C(C)(Cc3ccc(Br)cc3)n3cc(C)nc32)c1. The second kappa shape index (κ2) is 8.33. The number of fused-ring (bicyclic) bond motifs is 1. The number of imidazole rings is 1. The fourth-order valence-corrected chi connectivity index (χ4v) is 4.23. The minimum Gasteiger partial charge on any atom is -0.301 e. The highest BCUT2D eigenvalue weighted by Gasteiger charge is 2.49. The second-order valence-electron chi connectivity index (χ2n) is 7.26. The first-order valence-corrected chi connectivity index (χ1v) is 10.9. The average Bonchev–Trinajstić information content (AvgIpc) is 3.14. The highest BCUT2D eigenvalue weighted by molar-refractivity contribution is 9.10. The number of halogens is 2. The van der Waals surface area contributed by atoms with Crippen molar-refractivity contribution in [3.63, 3.8) is 0 Å². The van der Waals surface area contributed by atoms with Crippen LogP contribution >= 0.6 is 27.5 Å². The van der Waals surface area contributed by atoms with Gasteiger partial charge in [0.05, 0.1) is 11.4 Å². The Morgan fingerprint density at radius 1 is 1.10 bits per heavy atom. The summed E-state index contributed by atoms with van der Waals surface area (Å²) in [4.78, 5) is 19.9. The number of rotatable bonds is 3. The predicted octanol–water partition coefficient (Wildman–Crippen LogP) is 6.58. The van der Waals surface area contributed by atoms with Gasteiger partial charge in [0.15, 0.2) is 0 Å². The van der Waals surface area contributed by atoms with Crippen LogP contribution in [0.25, 0.3) is 0 Å². The molecule has 3 aromatic rings. The van der Waals surface area contributed by atoms with Crippen molar-refractivity contribution in [3.8, 4) is 0 Å². The third-order valence-electron chi connectivity index (χ3n) is 4.95. The summed E-state index contributed by atoms with van der Waals surface area (Å²) in [5.74, 6) is 0.633. The van der Waals surface area contributed by atoms with Gasteiger partial charge in [-0.3, -0.25) is 4.79 Å². The number of nitrogens with zero attached hydrogens (tertiary/aromatic N) is 3. The molecule has 1 aliphatic rings. The lowest BCUT2D eigenvalue weighted by atomic mass is 9.92. The topological polar surface area (TPSA) is 38.1 Å². The monoisotopic (exact) mass is 473 g/mol. The van der Waals surface area contributed by atoms with Crippen molar-refractivity contribution in [1.82, 2.24) is 9.55 Å². The van der Waals surface area contributed by atoms with Gasteiger partial charge < -0.3 is 4.57 Å². The first-order valence-electron chi connectivity index (χ1n) is 9.70. The predicted molar refractivity (Wildman–Crippen MR) is 123 cm³/mol. The molecule has 4 nitrogen and oxygen atoms in total. The molecule has 0 fully saturated rings. The molecule has 1 amide bonds. The average molecular weight is 475 g/mol. The summed E-state index contributed by atoms with van der Waals surface area (Å²) >= 11 is 9.72. The fourth-order valence-electron chi connectivity index (χ4n) is 3.68. The summed E-state index contributed by atoms with van der Waals surface area (Å²) in [6, 6.07) is 13.7. The molecule has 0 saturated carbocycles. The number of hydrogen-bond acceptors (Lipinski definition) is 2. The number of aromatic nitrogens is 2. The van der Waals surface area contributed by atoms with E-state index >= 15 is 0 Å². The third kappa shape index (κ3) is 3.99. The molecule has 1 atom stereocenters.